The molecule has 0 aliphatic carbocycles. The largest absolute Gasteiger partial charge is 0.294 e. The number of ketones is 1. The maximum atomic E-state index is 12.1. The van der Waals surface area contributed by atoms with Crippen molar-refractivity contribution in [1.29, 1.82) is 0 Å². The minimum absolute atomic E-state index is 0.147. The monoisotopic (exact) mass is 338 g/mol. The van der Waals surface area contributed by atoms with Crippen LogP contribution in [-0.2, 0) is 4.79 Å². The minimum Gasteiger partial charge on any atom is -0.294 e. The minimum atomic E-state index is -0.838. The maximum absolute atomic E-state index is 12.1. The molecule has 1 aromatic heterocycles. The number of carbonyl (C=O) groups excluding carboxylic acids is 1. The lowest BCUT2D eigenvalue weighted by Crippen LogP contribution is -2.59. The second kappa shape index (κ2) is 5.72. The number of hydrazine groups is 1. The molecule has 2 heterocycles. The Morgan fingerprint density at radius 2 is 2.09 bits per heavy atom. The van der Waals surface area contributed by atoms with Gasteiger partial charge in [0.25, 0.3) is 5.56 Å². The molecule has 22 heavy (non-hydrogen) atoms. The Balaban J connectivity index is 1.88. The first-order valence-electron chi connectivity index (χ1n) is 6.52. The first kappa shape index (κ1) is 15.0. The number of aryl methyl sites for hydroxylation is 1. The second-order valence-electron chi connectivity index (χ2n) is 4.95. The normalized spacial score (nSPS) is 21.5. The highest BCUT2D eigenvalue weighted by atomic mass is 35.5. The molecule has 2 aromatic rings. The summed E-state index contributed by atoms with van der Waals surface area (Å²) in [7, 11) is 0. The quantitative estimate of drug-likeness (QED) is 0.662. The van der Waals surface area contributed by atoms with Crippen molar-refractivity contribution in [2.75, 3.05) is 5.43 Å². The van der Waals surface area contributed by atoms with Gasteiger partial charge in [0.15, 0.2) is 11.3 Å². The molecule has 2 atom stereocenters. The Hall–Kier alpha value is -1.89. The van der Waals surface area contributed by atoms with Gasteiger partial charge >= 0.3 is 0 Å². The van der Waals surface area contributed by atoms with Gasteiger partial charge in [0, 0.05) is 16.8 Å². The van der Waals surface area contributed by atoms with E-state index < -0.39 is 11.5 Å². The van der Waals surface area contributed by atoms with Crippen LogP contribution in [0.2, 0.25) is 5.02 Å². The number of rotatable bonds is 3. The molecule has 1 aliphatic heterocycles. The van der Waals surface area contributed by atoms with E-state index >= 15 is 0 Å². The number of Topliss-reactive ketones (excluding diaryl/α,β-unsaturated/α-hetero) is 1. The molecule has 0 spiro atoms. The number of hydrogen-bond acceptors (Lipinski definition) is 5. The van der Waals surface area contributed by atoms with Crippen LogP contribution in [-0.4, -0.2) is 26.3 Å². The van der Waals surface area contributed by atoms with Crippen LogP contribution in [0.1, 0.15) is 17.3 Å². The highest BCUT2D eigenvalue weighted by Crippen LogP contribution is 2.37. The summed E-state index contributed by atoms with van der Waals surface area (Å²) < 4.78 is 0. The molecule has 1 fully saturated rings. The molecule has 6 nitrogen and oxygen atoms in total. The number of anilines is 1. The van der Waals surface area contributed by atoms with Gasteiger partial charge in [0.1, 0.15) is 6.04 Å². The van der Waals surface area contributed by atoms with E-state index in [1.807, 2.05) is 0 Å². The van der Waals surface area contributed by atoms with E-state index in [0.29, 0.717) is 10.7 Å². The predicted octanol–water partition coefficient (Wildman–Crippen LogP) is 2.25. The molecule has 2 N–H and O–H groups in total. The lowest BCUT2D eigenvalue weighted by molar-refractivity contribution is -0.137. The van der Waals surface area contributed by atoms with Crippen molar-refractivity contribution in [2.45, 2.75) is 18.5 Å². The van der Waals surface area contributed by atoms with Gasteiger partial charge in [-0.1, -0.05) is 35.3 Å². The zero-order valence-corrected chi connectivity index (χ0v) is 13.0. The van der Waals surface area contributed by atoms with Crippen molar-refractivity contribution in [1.82, 2.24) is 15.0 Å². The van der Waals surface area contributed by atoms with Crippen LogP contribution in [0.3, 0.4) is 0 Å². The molecular formula is C14H12Cl2N4O2. The first-order chi connectivity index (χ1) is 10.5. The zero-order valence-electron chi connectivity index (χ0n) is 11.5. The number of alkyl halides is 1. The van der Waals surface area contributed by atoms with Gasteiger partial charge in [0.2, 0.25) is 5.95 Å². The number of benzene rings is 1. The van der Waals surface area contributed by atoms with Gasteiger partial charge in [0.05, 0.1) is 0 Å². The summed E-state index contributed by atoms with van der Waals surface area (Å²) in [6.07, 6.45) is 0. The van der Waals surface area contributed by atoms with Crippen LogP contribution in [0.4, 0.5) is 5.95 Å². The van der Waals surface area contributed by atoms with E-state index in [4.69, 9.17) is 23.2 Å². The van der Waals surface area contributed by atoms with Crippen LogP contribution < -0.4 is 11.0 Å². The summed E-state index contributed by atoms with van der Waals surface area (Å²) in [5.41, 5.74) is 3.03. The van der Waals surface area contributed by atoms with E-state index in [0.717, 1.165) is 5.56 Å². The molecule has 0 bridgehead atoms. The van der Waals surface area contributed by atoms with Gasteiger partial charge in [-0.3, -0.25) is 20.0 Å². The van der Waals surface area contributed by atoms with E-state index in [-0.39, 0.29) is 17.3 Å². The second-order valence-corrected chi connectivity index (χ2v) is 5.80. The molecule has 0 radical (unpaired) electrons. The van der Waals surface area contributed by atoms with E-state index in [1.165, 1.54) is 11.1 Å². The van der Waals surface area contributed by atoms with Crippen LogP contribution in [0.15, 0.2) is 35.1 Å². The number of carbonyl (C=O) groups is 1. The summed E-state index contributed by atoms with van der Waals surface area (Å²) in [6, 6.07) is 7.78. The van der Waals surface area contributed by atoms with Gasteiger partial charge in [-0.05, 0) is 24.6 Å². The summed E-state index contributed by atoms with van der Waals surface area (Å²) in [4.78, 5) is 30.2. The first-order valence-corrected chi connectivity index (χ1v) is 7.33. The van der Waals surface area contributed by atoms with Crippen LogP contribution >= 0.6 is 23.2 Å². The van der Waals surface area contributed by atoms with Crippen molar-refractivity contribution < 1.29 is 4.79 Å². The van der Waals surface area contributed by atoms with Crippen molar-refractivity contribution >= 4 is 34.9 Å². The van der Waals surface area contributed by atoms with Crippen molar-refractivity contribution in [2.24, 2.45) is 0 Å². The predicted molar refractivity (Wildman–Crippen MR) is 83.9 cm³/mol. The number of aromatic amines is 1. The van der Waals surface area contributed by atoms with E-state index in [1.54, 1.807) is 31.2 Å². The van der Waals surface area contributed by atoms with Crippen molar-refractivity contribution in [3.63, 3.8) is 0 Å². The van der Waals surface area contributed by atoms with Crippen LogP contribution in [0, 0.1) is 6.92 Å². The van der Waals surface area contributed by atoms with E-state index in [9.17, 15) is 9.59 Å². The fourth-order valence-electron chi connectivity index (χ4n) is 2.33. The molecule has 8 heteroatoms. The molecule has 0 amide bonds. The Labute approximate surface area is 136 Å². The third kappa shape index (κ3) is 2.72. The Morgan fingerprint density at radius 1 is 1.32 bits per heavy atom. The topological polar surface area (TPSA) is 78.1 Å². The number of halogens is 2. The molecular weight excluding hydrogens is 327 g/mol. The standard InChI is InChI=1S/C14H12Cl2N4O2/c1-7-5-10(21)18-14(17-7)19-20-11(12(22)13(20)16)8-3-2-4-9(15)6-8/h2-6,11,13H,1H3,(H2,17,18,19,21)/t11-,13-/m1/s1. The molecule has 0 unspecified atom stereocenters. The van der Waals surface area contributed by atoms with Crippen molar-refractivity contribution in [3.8, 4) is 0 Å². The van der Waals surface area contributed by atoms with Gasteiger partial charge < -0.3 is 0 Å². The number of nitrogens with zero attached hydrogens (tertiary/aromatic N) is 2. The molecule has 1 aliphatic rings. The Kier molecular flexibility index (Phi) is 3.90. The number of hydrogen-bond donors (Lipinski definition) is 2. The third-order valence-electron chi connectivity index (χ3n) is 3.30. The summed E-state index contributed by atoms with van der Waals surface area (Å²) in [6.45, 7) is 1.70. The van der Waals surface area contributed by atoms with Gasteiger partial charge in [-0.15, -0.1) is 0 Å². The molecule has 1 aromatic carbocycles. The Morgan fingerprint density at radius 3 is 2.77 bits per heavy atom. The number of aromatic nitrogens is 2. The summed E-state index contributed by atoms with van der Waals surface area (Å²) in [5.74, 6) is 0.0848. The smallest absolute Gasteiger partial charge is 0.252 e. The highest BCUT2D eigenvalue weighted by Gasteiger charge is 2.48. The number of nitrogens with one attached hydrogen (secondary N) is 2. The molecule has 0 saturated carbocycles. The van der Waals surface area contributed by atoms with Crippen molar-refractivity contribution in [3.05, 3.63) is 57.0 Å². The summed E-state index contributed by atoms with van der Waals surface area (Å²) >= 11 is 12.0. The summed E-state index contributed by atoms with van der Waals surface area (Å²) in [5, 5.41) is 2.05. The Bertz CT molecular complexity index is 792. The van der Waals surface area contributed by atoms with Crippen LogP contribution in [0.5, 0.6) is 0 Å². The zero-order chi connectivity index (χ0) is 15.9. The SMILES string of the molecule is Cc1cc(=O)[nH]c(NN2[C@@H](Cl)C(=O)[C@H]2c2cccc(Cl)c2)n1. The lowest BCUT2D eigenvalue weighted by atomic mass is 9.95. The van der Waals surface area contributed by atoms with E-state index in [2.05, 4.69) is 15.4 Å². The maximum Gasteiger partial charge on any atom is 0.252 e. The van der Waals surface area contributed by atoms with Crippen LogP contribution in [0.25, 0.3) is 0 Å². The van der Waals surface area contributed by atoms with Gasteiger partial charge in [-0.25, -0.2) is 4.98 Å². The average Bonchev–Trinajstić information content (AvgIpc) is 2.45. The van der Waals surface area contributed by atoms with Gasteiger partial charge in [-0.2, -0.15) is 5.01 Å². The lowest BCUT2D eigenvalue weighted by Gasteiger charge is -2.43. The average molecular weight is 339 g/mol. The highest BCUT2D eigenvalue weighted by molar-refractivity contribution is 6.34. The molecule has 1 saturated heterocycles. The molecule has 3 rings (SSSR count). The number of H-pyrrole nitrogens is 1. The third-order valence-corrected chi connectivity index (χ3v) is 3.96. The fourth-order valence-corrected chi connectivity index (χ4v) is 2.81. The molecule has 114 valence electrons. The fraction of sp³-hybridized carbons (Fsp3) is 0.214.